The molecule has 0 saturated carbocycles. The van der Waals surface area contributed by atoms with Gasteiger partial charge in [0.2, 0.25) is 0 Å². The van der Waals surface area contributed by atoms with Gasteiger partial charge in [0, 0.05) is 18.2 Å². The molecule has 6 nitrogen and oxygen atoms in total. The van der Waals surface area contributed by atoms with Crippen LogP contribution in [-0.2, 0) is 11.3 Å². The van der Waals surface area contributed by atoms with Gasteiger partial charge < -0.3 is 19.8 Å². The predicted octanol–water partition coefficient (Wildman–Crippen LogP) is 3.98. The van der Waals surface area contributed by atoms with Crippen LogP contribution in [-0.4, -0.2) is 18.9 Å². The second kappa shape index (κ2) is 9.92. The SMILES string of the molecule is COc1cccc(CNC(=O)/C(=C\c2ccc(I)o2)NC(=O)c2ccccc2)c1. The van der Waals surface area contributed by atoms with Crippen molar-refractivity contribution in [2.75, 3.05) is 7.11 Å². The molecule has 0 atom stereocenters. The molecule has 7 heteroatoms. The fraction of sp³-hybridized carbons (Fsp3) is 0.0909. The van der Waals surface area contributed by atoms with E-state index in [0.29, 0.717) is 20.8 Å². The molecule has 0 aliphatic rings. The molecule has 2 N–H and O–H groups in total. The number of rotatable bonds is 7. The van der Waals surface area contributed by atoms with Crippen molar-refractivity contribution < 1.29 is 18.7 Å². The molecule has 2 aromatic carbocycles. The van der Waals surface area contributed by atoms with Crippen LogP contribution in [0.5, 0.6) is 5.75 Å². The lowest BCUT2D eigenvalue weighted by molar-refractivity contribution is -0.117. The Labute approximate surface area is 182 Å². The first-order valence-corrected chi connectivity index (χ1v) is 9.87. The first-order chi connectivity index (χ1) is 14.0. The Morgan fingerprint density at radius 2 is 1.86 bits per heavy atom. The topological polar surface area (TPSA) is 80.6 Å². The van der Waals surface area contributed by atoms with Crippen LogP contribution >= 0.6 is 22.6 Å². The molecule has 0 spiro atoms. The van der Waals surface area contributed by atoms with Crippen molar-refractivity contribution >= 4 is 40.5 Å². The molecule has 1 aromatic heterocycles. The van der Waals surface area contributed by atoms with Gasteiger partial charge in [-0.05, 0) is 64.6 Å². The van der Waals surface area contributed by atoms with E-state index in [2.05, 4.69) is 10.6 Å². The zero-order valence-electron chi connectivity index (χ0n) is 15.6. The molecule has 0 bridgehead atoms. The number of benzene rings is 2. The van der Waals surface area contributed by atoms with Crippen molar-refractivity contribution in [3.63, 3.8) is 0 Å². The van der Waals surface area contributed by atoms with E-state index in [0.717, 1.165) is 5.56 Å². The van der Waals surface area contributed by atoms with Gasteiger partial charge >= 0.3 is 0 Å². The Bertz CT molecular complexity index is 1030. The van der Waals surface area contributed by atoms with Crippen molar-refractivity contribution in [2.45, 2.75) is 6.54 Å². The van der Waals surface area contributed by atoms with Gasteiger partial charge in [-0.25, -0.2) is 0 Å². The zero-order valence-corrected chi connectivity index (χ0v) is 17.8. The van der Waals surface area contributed by atoms with Crippen molar-refractivity contribution in [2.24, 2.45) is 0 Å². The summed E-state index contributed by atoms with van der Waals surface area (Å²) in [6.07, 6.45) is 1.50. The van der Waals surface area contributed by atoms with Crippen molar-refractivity contribution in [3.8, 4) is 5.75 Å². The summed E-state index contributed by atoms with van der Waals surface area (Å²) in [6.45, 7) is 0.282. The maximum absolute atomic E-state index is 12.8. The Balaban J connectivity index is 1.77. The van der Waals surface area contributed by atoms with Crippen LogP contribution < -0.4 is 15.4 Å². The summed E-state index contributed by atoms with van der Waals surface area (Å²) in [5.41, 5.74) is 1.42. The van der Waals surface area contributed by atoms with E-state index in [1.165, 1.54) is 6.08 Å². The third kappa shape index (κ3) is 5.95. The molecule has 148 valence electrons. The standard InChI is InChI=1S/C22H19IN2O4/c1-28-17-9-5-6-15(12-17)14-24-22(27)19(13-18-10-11-20(23)29-18)25-21(26)16-7-3-2-4-8-16/h2-13H,14H2,1H3,(H,24,27)(H,25,26)/b19-13+. The van der Waals surface area contributed by atoms with Gasteiger partial charge in [-0.15, -0.1) is 0 Å². The highest BCUT2D eigenvalue weighted by molar-refractivity contribution is 14.1. The van der Waals surface area contributed by atoms with Gasteiger partial charge in [0.05, 0.1) is 7.11 Å². The zero-order chi connectivity index (χ0) is 20.6. The minimum atomic E-state index is -0.427. The van der Waals surface area contributed by atoms with Crippen LogP contribution in [0.1, 0.15) is 21.7 Å². The van der Waals surface area contributed by atoms with E-state index in [-0.39, 0.29) is 18.1 Å². The fourth-order valence-electron chi connectivity index (χ4n) is 2.55. The summed E-state index contributed by atoms with van der Waals surface area (Å²) in [6, 6.07) is 19.6. The summed E-state index contributed by atoms with van der Waals surface area (Å²) >= 11 is 2.03. The fourth-order valence-corrected chi connectivity index (χ4v) is 2.98. The molecule has 1 heterocycles. The minimum absolute atomic E-state index is 0.0903. The van der Waals surface area contributed by atoms with Gasteiger partial charge in [0.1, 0.15) is 17.2 Å². The number of carbonyl (C=O) groups is 2. The highest BCUT2D eigenvalue weighted by Gasteiger charge is 2.15. The van der Waals surface area contributed by atoms with Gasteiger partial charge in [-0.2, -0.15) is 0 Å². The number of halogens is 1. The molecule has 29 heavy (non-hydrogen) atoms. The van der Waals surface area contributed by atoms with E-state index in [9.17, 15) is 9.59 Å². The second-order valence-electron chi connectivity index (χ2n) is 6.05. The summed E-state index contributed by atoms with van der Waals surface area (Å²) in [7, 11) is 1.59. The van der Waals surface area contributed by atoms with Crippen molar-refractivity contribution in [1.29, 1.82) is 0 Å². The van der Waals surface area contributed by atoms with Crippen molar-refractivity contribution in [1.82, 2.24) is 10.6 Å². The monoisotopic (exact) mass is 502 g/mol. The van der Waals surface area contributed by atoms with Gasteiger partial charge in [-0.3, -0.25) is 9.59 Å². The number of amides is 2. The normalized spacial score (nSPS) is 11.0. The minimum Gasteiger partial charge on any atom is -0.497 e. The summed E-state index contributed by atoms with van der Waals surface area (Å²) in [5, 5.41) is 5.49. The molecule has 0 aliphatic heterocycles. The van der Waals surface area contributed by atoms with Crippen LogP contribution in [0.25, 0.3) is 6.08 Å². The Kier molecular flexibility index (Phi) is 7.07. The second-order valence-corrected chi connectivity index (χ2v) is 7.12. The number of carbonyl (C=O) groups excluding carboxylic acids is 2. The van der Waals surface area contributed by atoms with Crippen LogP contribution in [0.15, 0.2) is 76.8 Å². The lowest BCUT2D eigenvalue weighted by atomic mass is 10.2. The van der Waals surface area contributed by atoms with Crippen LogP contribution in [0.2, 0.25) is 0 Å². The van der Waals surface area contributed by atoms with Gasteiger partial charge in [-0.1, -0.05) is 30.3 Å². The summed E-state index contributed by atoms with van der Waals surface area (Å²) in [4.78, 5) is 25.3. The van der Waals surface area contributed by atoms with Crippen LogP contribution in [0.3, 0.4) is 0 Å². The third-order valence-electron chi connectivity index (χ3n) is 4.00. The smallest absolute Gasteiger partial charge is 0.268 e. The molecule has 0 radical (unpaired) electrons. The van der Waals surface area contributed by atoms with Crippen LogP contribution in [0.4, 0.5) is 0 Å². The number of ether oxygens (including phenoxy) is 1. The lowest BCUT2D eigenvalue weighted by Gasteiger charge is -2.11. The highest BCUT2D eigenvalue weighted by Crippen LogP contribution is 2.15. The number of hydrogen-bond acceptors (Lipinski definition) is 4. The van der Waals surface area contributed by atoms with E-state index in [1.807, 2.05) is 52.9 Å². The molecular formula is C22H19IN2O4. The first kappa shape index (κ1) is 20.7. The third-order valence-corrected chi connectivity index (χ3v) is 4.58. The van der Waals surface area contributed by atoms with E-state index in [4.69, 9.17) is 9.15 Å². The number of furan rings is 1. The molecule has 0 fully saturated rings. The lowest BCUT2D eigenvalue weighted by Crippen LogP contribution is -2.34. The average Bonchev–Trinajstić information content (AvgIpc) is 3.16. The quantitative estimate of drug-likeness (QED) is 0.379. The van der Waals surface area contributed by atoms with Gasteiger partial charge in [0.25, 0.3) is 11.8 Å². The molecule has 0 unspecified atom stereocenters. The summed E-state index contributed by atoms with van der Waals surface area (Å²) in [5.74, 6) is 0.363. The first-order valence-electron chi connectivity index (χ1n) is 8.80. The molecule has 2 amide bonds. The molecule has 0 saturated heterocycles. The number of hydrogen-bond donors (Lipinski definition) is 2. The molecule has 0 aliphatic carbocycles. The predicted molar refractivity (Wildman–Crippen MR) is 118 cm³/mol. The Morgan fingerprint density at radius 1 is 1.07 bits per heavy atom. The van der Waals surface area contributed by atoms with E-state index < -0.39 is 5.91 Å². The van der Waals surface area contributed by atoms with Crippen molar-refractivity contribution in [3.05, 3.63) is 93.1 Å². The van der Waals surface area contributed by atoms with E-state index >= 15 is 0 Å². The molecule has 3 aromatic rings. The number of nitrogens with one attached hydrogen (secondary N) is 2. The average molecular weight is 502 g/mol. The molecular weight excluding hydrogens is 483 g/mol. The Hall–Kier alpha value is -3.07. The van der Waals surface area contributed by atoms with E-state index in [1.54, 1.807) is 43.5 Å². The maximum atomic E-state index is 12.8. The summed E-state index contributed by atoms with van der Waals surface area (Å²) < 4.78 is 11.4. The molecule has 3 rings (SSSR count). The maximum Gasteiger partial charge on any atom is 0.268 e. The Morgan fingerprint density at radius 3 is 2.55 bits per heavy atom. The number of methoxy groups -OCH3 is 1. The largest absolute Gasteiger partial charge is 0.497 e. The van der Waals surface area contributed by atoms with Gasteiger partial charge in [0.15, 0.2) is 3.77 Å². The van der Waals surface area contributed by atoms with Crippen LogP contribution in [0, 0.1) is 3.77 Å². The highest BCUT2D eigenvalue weighted by atomic mass is 127.